The Labute approximate surface area is 145 Å². The number of hydrogen-bond acceptors (Lipinski definition) is 5. The fourth-order valence-corrected chi connectivity index (χ4v) is 2.82. The molecule has 1 aliphatic carbocycles. The minimum absolute atomic E-state index is 0.153. The zero-order valence-corrected chi connectivity index (χ0v) is 14.1. The van der Waals surface area contributed by atoms with Crippen molar-refractivity contribution < 1.29 is 9.53 Å². The summed E-state index contributed by atoms with van der Waals surface area (Å²) < 4.78 is 7.54. The molecule has 3 aromatic heterocycles. The van der Waals surface area contributed by atoms with Gasteiger partial charge in [-0.2, -0.15) is 4.98 Å². The van der Waals surface area contributed by atoms with Gasteiger partial charge in [-0.3, -0.25) is 14.2 Å². The summed E-state index contributed by atoms with van der Waals surface area (Å²) in [6, 6.07) is 5.55. The van der Waals surface area contributed by atoms with E-state index in [4.69, 9.17) is 4.74 Å². The van der Waals surface area contributed by atoms with Gasteiger partial charge in [0.2, 0.25) is 5.88 Å². The van der Waals surface area contributed by atoms with E-state index < -0.39 is 0 Å². The van der Waals surface area contributed by atoms with Crippen LogP contribution in [0.4, 0.5) is 0 Å². The third-order valence-electron chi connectivity index (χ3n) is 4.43. The predicted molar refractivity (Wildman–Crippen MR) is 91.7 cm³/mol. The molecule has 0 aliphatic heterocycles. The minimum Gasteiger partial charge on any atom is -0.437 e. The van der Waals surface area contributed by atoms with E-state index in [0.29, 0.717) is 28.9 Å². The quantitative estimate of drug-likeness (QED) is 0.774. The average Bonchev–Trinajstić information content (AvgIpc) is 3.36. The molecular weight excluding hydrogens is 318 g/mol. The second-order valence-corrected chi connectivity index (χ2v) is 6.41. The van der Waals surface area contributed by atoms with E-state index in [9.17, 15) is 4.79 Å². The van der Waals surface area contributed by atoms with Gasteiger partial charge in [-0.25, -0.2) is 4.98 Å². The van der Waals surface area contributed by atoms with Crippen molar-refractivity contribution in [3.8, 4) is 11.6 Å². The molecule has 0 aromatic carbocycles. The number of carbonyl (C=O) groups excluding carboxylic acids is 1. The van der Waals surface area contributed by atoms with E-state index in [0.717, 1.165) is 5.69 Å². The summed E-state index contributed by atoms with van der Waals surface area (Å²) in [5, 5.41) is 3.02. The molecule has 1 unspecified atom stereocenters. The molecule has 0 bridgehead atoms. The summed E-state index contributed by atoms with van der Waals surface area (Å²) in [6.07, 6.45) is 7.25. The van der Waals surface area contributed by atoms with E-state index in [1.54, 1.807) is 41.3 Å². The van der Waals surface area contributed by atoms with Crippen LogP contribution in [0.1, 0.15) is 35.9 Å². The Bertz CT molecular complexity index is 918. The lowest BCUT2D eigenvalue weighted by molar-refractivity contribution is 0.0933. The van der Waals surface area contributed by atoms with Gasteiger partial charge in [0.15, 0.2) is 11.3 Å². The molecule has 1 fully saturated rings. The summed E-state index contributed by atoms with van der Waals surface area (Å²) >= 11 is 0. The number of pyridine rings is 1. The molecule has 1 aliphatic rings. The van der Waals surface area contributed by atoms with Crippen molar-refractivity contribution >= 4 is 11.6 Å². The van der Waals surface area contributed by atoms with E-state index in [1.165, 1.54) is 12.8 Å². The highest BCUT2D eigenvalue weighted by Crippen LogP contribution is 2.32. The molecule has 3 aromatic rings. The van der Waals surface area contributed by atoms with Crippen LogP contribution in [0.2, 0.25) is 0 Å². The van der Waals surface area contributed by atoms with Crippen LogP contribution in [-0.4, -0.2) is 31.3 Å². The van der Waals surface area contributed by atoms with Gasteiger partial charge in [-0.15, -0.1) is 0 Å². The second-order valence-electron chi connectivity index (χ2n) is 6.41. The van der Waals surface area contributed by atoms with E-state index in [2.05, 4.69) is 20.3 Å². The molecule has 0 spiro atoms. The van der Waals surface area contributed by atoms with Gasteiger partial charge < -0.3 is 10.1 Å². The summed E-state index contributed by atoms with van der Waals surface area (Å²) in [5.41, 5.74) is 1.68. The lowest BCUT2D eigenvalue weighted by Crippen LogP contribution is -2.34. The molecule has 0 radical (unpaired) electrons. The zero-order valence-electron chi connectivity index (χ0n) is 14.1. The van der Waals surface area contributed by atoms with Crippen molar-refractivity contribution in [3.63, 3.8) is 0 Å². The molecule has 1 atom stereocenters. The van der Waals surface area contributed by atoms with Gasteiger partial charge in [-0.05, 0) is 44.7 Å². The highest BCUT2D eigenvalue weighted by Gasteiger charge is 2.30. The summed E-state index contributed by atoms with van der Waals surface area (Å²) in [4.78, 5) is 25.3. The highest BCUT2D eigenvalue weighted by atomic mass is 16.5. The first-order valence-corrected chi connectivity index (χ1v) is 8.35. The van der Waals surface area contributed by atoms with E-state index >= 15 is 0 Å². The van der Waals surface area contributed by atoms with Crippen LogP contribution in [-0.2, 0) is 0 Å². The largest absolute Gasteiger partial charge is 0.437 e. The van der Waals surface area contributed by atoms with Crippen LogP contribution in [0.3, 0.4) is 0 Å². The molecule has 7 nitrogen and oxygen atoms in total. The van der Waals surface area contributed by atoms with Crippen molar-refractivity contribution in [1.82, 2.24) is 24.7 Å². The number of imidazole rings is 1. The average molecular weight is 337 g/mol. The van der Waals surface area contributed by atoms with Crippen molar-refractivity contribution in [3.05, 3.63) is 48.3 Å². The zero-order chi connectivity index (χ0) is 17.4. The Morgan fingerprint density at radius 3 is 3.00 bits per heavy atom. The number of nitrogens with zero attached hydrogens (tertiary/aromatic N) is 4. The van der Waals surface area contributed by atoms with Gasteiger partial charge in [0.25, 0.3) is 5.91 Å². The number of hydrogen-bond donors (Lipinski definition) is 1. The third-order valence-corrected chi connectivity index (χ3v) is 4.43. The number of carbonyl (C=O) groups is 1. The van der Waals surface area contributed by atoms with Gasteiger partial charge in [-0.1, -0.05) is 0 Å². The first-order chi connectivity index (χ1) is 12.1. The summed E-state index contributed by atoms with van der Waals surface area (Å²) in [6.45, 7) is 3.95. The first-order valence-electron chi connectivity index (χ1n) is 8.35. The monoisotopic (exact) mass is 337 g/mol. The summed E-state index contributed by atoms with van der Waals surface area (Å²) in [5.74, 6) is 1.37. The number of aryl methyl sites for hydroxylation is 1. The molecule has 128 valence electrons. The van der Waals surface area contributed by atoms with Crippen LogP contribution < -0.4 is 10.1 Å². The topological polar surface area (TPSA) is 81.4 Å². The van der Waals surface area contributed by atoms with Gasteiger partial charge >= 0.3 is 0 Å². The van der Waals surface area contributed by atoms with E-state index in [-0.39, 0.29) is 11.9 Å². The van der Waals surface area contributed by atoms with Crippen LogP contribution in [0.5, 0.6) is 11.6 Å². The first kappa shape index (κ1) is 15.6. The molecule has 7 heteroatoms. The molecule has 1 saturated carbocycles. The number of amides is 1. The SMILES string of the molecule is Cc1cc(Oc2cccnc2)nc2c(C(=O)NC(C)C3CC3)ncn12. The van der Waals surface area contributed by atoms with Crippen LogP contribution in [0.15, 0.2) is 36.9 Å². The van der Waals surface area contributed by atoms with E-state index in [1.807, 2.05) is 13.8 Å². The Morgan fingerprint density at radius 1 is 1.44 bits per heavy atom. The molecule has 0 saturated heterocycles. The molecule has 4 rings (SSSR count). The standard InChI is InChI=1S/C18H19N5O2/c1-11-8-15(25-14-4-3-7-19-9-14)22-17-16(20-10-23(11)17)18(24)21-12(2)13-5-6-13/h3-4,7-10,12-13H,5-6H2,1-2H3,(H,21,24). The summed E-state index contributed by atoms with van der Waals surface area (Å²) in [7, 11) is 0. The van der Waals surface area contributed by atoms with Crippen LogP contribution in [0, 0.1) is 12.8 Å². The Morgan fingerprint density at radius 2 is 2.28 bits per heavy atom. The second kappa shape index (κ2) is 6.16. The van der Waals surface area contributed by atoms with Crippen molar-refractivity contribution in [2.24, 2.45) is 5.92 Å². The molecule has 3 heterocycles. The number of aromatic nitrogens is 4. The van der Waals surface area contributed by atoms with Crippen molar-refractivity contribution in [2.45, 2.75) is 32.7 Å². The number of ether oxygens (including phenoxy) is 1. The Hall–Kier alpha value is -2.96. The maximum Gasteiger partial charge on any atom is 0.274 e. The third kappa shape index (κ3) is 3.17. The maximum absolute atomic E-state index is 12.6. The van der Waals surface area contributed by atoms with Crippen molar-refractivity contribution in [1.29, 1.82) is 0 Å². The lowest BCUT2D eigenvalue weighted by atomic mass is 10.2. The fourth-order valence-electron chi connectivity index (χ4n) is 2.82. The fraction of sp³-hybridized carbons (Fsp3) is 0.333. The number of nitrogens with one attached hydrogen (secondary N) is 1. The number of fused-ring (bicyclic) bond motifs is 1. The van der Waals surface area contributed by atoms with Gasteiger partial charge in [0.05, 0.1) is 6.20 Å². The molecule has 1 amide bonds. The smallest absolute Gasteiger partial charge is 0.274 e. The number of rotatable bonds is 5. The molecular formula is C18H19N5O2. The van der Waals surface area contributed by atoms with Gasteiger partial charge in [0.1, 0.15) is 12.1 Å². The molecule has 1 N–H and O–H groups in total. The normalized spacial score (nSPS) is 15.1. The van der Waals surface area contributed by atoms with Gasteiger partial charge in [0, 0.05) is 24.0 Å². The molecule has 25 heavy (non-hydrogen) atoms. The maximum atomic E-state index is 12.6. The minimum atomic E-state index is -0.202. The Kier molecular flexibility index (Phi) is 3.83. The lowest BCUT2D eigenvalue weighted by Gasteiger charge is -2.12. The van der Waals surface area contributed by atoms with Crippen molar-refractivity contribution in [2.75, 3.05) is 0 Å². The Balaban J connectivity index is 1.65. The highest BCUT2D eigenvalue weighted by molar-refractivity contribution is 5.98. The van der Waals surface area contributed by atoms with Crippen LogP contribution >= 0.6 is 0 Å². The van der Waals surface area contributed by atoms with Crippen LogP contribution in [0.25, 0.3) is 5.65 Å². The predicted octanol–water partition coefficient (Wildman–Crippen LogP) is 2.75.